The molecular weight excluding hydrogens is 1190 g/mol. The molecule has 0 radical (unpaired) electrons. The molecule has 3 aliphatic heterocycles. The van der Waals surface area contributed by atoms with E-state index < -0.39 is 158 Å². The van der Waals surface area contributed by atoms with Gasteiger partial charge in [-0.1, -0.05) is 4.98 Å². The number of imidazole rings is 3. The Hall–Kier alpha value is -4.97. The highest BCUT2D eigenvalue weighted by Crippen LogP contribution is 2.68. The number of H-pyrrole nitrogens is 2. The van der Waals surface area contributed by atoms with Gasteiger partial charge in [0.15, 0.2) is 41.4 Å². The van der Waals surface area contributed by atoms with Crippen LogP contribution in [0.5, 0.6) is 0 Å². The molecule has 46 heteroatoms. The van der Waals surface area contributed by atoms with Crippen molar-refractivity contribution in [3.63, 3.8) is 0 Å². The molecule has 9 rings (SSSR count). The highest BCUT2D eigenvalue weighted by Gasteiger charge is 2.55. The molecule has 0 bridgehead atoms. The lowest BCUT2D eigenvalue weighted by Crippen LogP contribution is -2.46. The number of ether oxygens (including phenoxy) is 4. The summed E-state index contributed by atoms with van der Waals surface area (Å²) in [7, 11) is -21.6. The number of nitrogen functional groups attached to an aromatic ring is 3. The Morgan fingerprint density at radius 1 is 0.722 bits per heavy atom. The van der Waals surface area contributed by atoms with E-state index in [1.807, 2.05) is 0 Å². The van der Waals surface area contributed by atoms with Gasteiger partial charge in [-0.25, -0.2) is 42.8 Å². The predicted octanol–water partition coefficient (Wildman–Crippen LogP) is -2.45. The Morgan fingerprint density at radius 2 is 1.30 bits per heavy atom. The van der Waals surface area contributed by atoms with Gasteiger partial charge in [-0.2, -0.15) is 26.8 Å². The van der Waals surface area contributed by atoms with Gasteiger partial charge in [-0.3, -0.25) is 51.4 Å². The van der Waals surface area contributed by atoms with Gasteiger partial charge in [0.1, 0.15) is 60.7 Å². The lowest BCUT2D eigenvalue weighted by molar-refractivity contribution is -0.745. The number of hydrogen-bond acceptors (Lipinski definition) is 29. The number of aliphatic hydroxyl groups is 3. The molecule has 3 fully saturated rings. The van der Waals surface area contributed by atoms with E-state index in [2.05, 4.69) is 53.0 Å². The van der Waals surface area contributed by atoms with Gasteiger partial charge in [0.25, 0.3) is 17.1 Å². The number of aromatic amines is 2. The first kappa shape index (κ1) is 58.7. The topological polar surface area (TPSA) is 542 Å². The van der Waals surface area contributed by atoms with Crippen LogP contribution in [0, 0.1) is 0 Å². The van der Waals surface area contributed by atoms with E-state index in [9.17, 15) is 75.9 Å². The van der Waals surface area contributed by atoms with Crippen LogP contribution in [-0.2, 0) is 71.0 Å². The van der Waals surface area contributed by atoms with Gasteiger partial charge in [0, 0.05) is 7.11 Å². The number of phosphoric ester groups is 3. The number of nitrogens with zero attached hydrogens (tertiary/aromatic N) is 10. The summed E-state index contributed by atoms with van der Waals surface area (Å²) in [4.78, 5) is 95.6. The van der Waals surface area contributed by atoms with E-state index in [-0.39, 0.29) is 45.3 Å². The number of alkyl halides is 3. The minimum atomic E-state index is -6.36. The summed E-state index contributed by atoms with van der Waals surface area (Å²) in [5, 5.41) is 30.7. The highest BCUT2D eigenvalue weighted by atomic mass is 32.2. The fourth-order valence-electron chi connectivity index (χ4n) is 8.58. The summed E-state index contributed by atoms with van der Waals surface area (Å²) in [6.07, 6.45) is -15.4. The molecule has 16 atom stereocenters. The number of aliphatic hydroxyl groups excluding tert-OH is 3. The number of methoxy groups -OCH3 is 1. The maximum Gasteiger partial charge on any atom is 0.490 e. The van der Waals surface area contributed by atoms with Crippen molar-refractivity contribution < 1.29 is 117 Å². The van der Waals surface area contributed by atoms with E-state index in [1.54, 1.807) is 0 Å². The SMILES string of the molecule is CO[C@@H]1[C@H](OP(=O)(O)OC[C@H]2O[C@@H](n3cnc4c(=O)[nH]c(N)nc43)[C@H](O)[C@@H]2O)[C@@H](COP(=O)(O)OP(=O)(O)OP(=O)(O)OC[C@H]2OC([n+]3cn(C)c4c(=O)[nH]c(N)nc43)[C@H](O)[C@@H]2SC(F)(F)F)O[C@H]1n1cnc2c(N)ncnc21. The van der Waals surface area contributed by atoms with Crippen molar-refractivity contribution >= 4 is 94.3 Å². The van der Waals surface area contributed by atoms with Gasteiger partial charge in [-0.15, -0.1) is 0 Å². The molecule has 9 heterocycles. The van der Waals surface area contributed by atoms with Crippen LogP contribution in [-0.4, -0.2) is 175 Å². The lowest BCUT2D eigenvalue weighted by atomic mass is 10.1. The van der Waals surface area contributed by atoms with Crippen LogP contribution in [0.1, 0.15) is 18.7 Å². The molecular formula is C33H43F3N15O23P4S+. The zero-order chi connectivity index (χ0) is 57.5. The molecule has 0 amide bonds. The van der Waals surface area contributed by atoms with Crippen LogP contribution >= 0.6 is 43.1 Å². The number of rotatable bonds is 20. The Bertz CT molecular complexity index is 3610. The number of aromatic nitrogens is 12. The van der Waals surface area contributed by atoms with Crippen LogP contribution in [0.15, 0.2) is 34.9 Å². The van der Waals surface area contributed by atoms with Crippen LogP contribution in [0.4, 0.5) is 30.9 Å². The Morgan fingerprint density at radius 3 is 1.96 bits per heavy atom. The monoisotopic (exact) mass is 1230 g/mol. The summed E-state index contributed by atoms with van der Waals surface area (Å²) in [5.41, 5.74) is 9.72. The molecule has 79 heavy (non-hydrogen) atoms. The number of thioether (sulfide) groups is 1. The summed E-state index contributed by atoms with van der Waals surface area (Å²) < 4.78 is 150. The zero-order valence-electron chi connectivity index (χ0n) is 39.6. The Balaban J connectivity index is 0.877. The molecule has 3 aliphatic rings. The number of nitrogens with one attached hydrogen (secondary N) is 2. The summed E-state index contributed by atoms with van der Waals surface area (Å²) in [5.74, 6) is -0.885. The molecule has 0 saturated carbocycles. The molecule has 0 aliphatic carbocycles. The predicted molar refractivity (Wildman–Crippen MR) is 250 cm³/mol. The zero-order valence-corrected chi connectivity index (χ0v) is 44.0. The average molecular weight is 1230 g/mol. The largest absolute Gasteiger partial charge is 0.490 e. The van der Waals surface area contributed by atoms with Crippen LogP contribution < -0.4 is 32.9 Å². The van der Waals surface area contributed by atoms with Crippen LogP contribution in [0.2, 0.25) is 0 Å². The van der Waals surface area contributed by atoms with Crippen molar-refractivity contribution in [2.45, 2.75) is 78.3 Å². The molecule has 38 nitrogen and oxygen atoms in total. The third-order valence-electron chi connectivity index (χ3n) is 11.8. The molecule has 6 aromatic rings. The molecule has 3 saturated heterocycles. The standard InChI is InChI=1S/C33H42F3N15O23P4S/c1-48-9-51(25-15(48)27(56)47-32(39)45-25)29-18(54)21(79-33(34,35)36)12(71-29)5-68-77(61,62)74-78(63,64)73-76(59,60)67-4-11-19(20(65-2)30(70-11)49-7-42-13-22(37)40-6-41-23(13)49)72-75(57,58)66-3-10-16(52)17(53)28(69-10)50-8-43-14-24(50)44-31(38)46-26(14)55/h6-12,16-21,28-30,52-54H,3-5H2,1-2H3,(H11-,37,38,39,40,41,44,45,46,47,55,56,57,58,59,60,61,62,63,64)/p+1/t10-,11-,12-,16-,17-,18-,19-,20-,21-,28-,29?,30-/m1/s1. The first-order chi connectivity index (χ1) is 36.8. The smallest absolute Gasteiger partial charge is 0.387 e. The van der Waals surface area contributed by atoms with Gasteiger partial charge < -0.3 is 71.0 Å². The highest BCUT2D eigenvalue weighted by molar-refractivity contribution is 8.00. The molecule has 5 unspecified atom stereocenters. The molecule has 0 aromatic carbocycles. The van der Waals surface area contributed by atoms with Crippen LogP contribution in [0.25, 0.3) is 33.5 Å². The van der Waals surface area contributed by atoms with E-state index in [1.165, 1.54) is 11.6 Å². The average Bonchev–Trinajstić information content (AvgIpc) is 4.40. The number of anilines is 3. The second-order valence-corrected chi connectivity index (χ2v) is 24.3. The summed E-state index contributed by atoms with van der Waals surface area (Å²) in [6, 6.07) is 0. The number of fused-ring (bicyclic) bond motifs is 3. The number of hydrogen-bond donors (Lipinski definition) is 12. The minimum Gasteiger partial charge on any atom is -0.387 e. The number of halogens is 3. The number of nitrogens with two attached hydrogens (primary N) is 3. The quantitative estimate of drug-likeness (QED) is 0.0279. The van der Waals surface area contributed by atoms with Crippen molar-refractivity contribution in [1.82, 2.24) is 53.6 Å². The maximum atomic E-state index is 13.8. The van der Waals surface area contributed by atoms with Crippen LogP contribution in [0.3, 0.4) is 0 Å². The lowest BCUT2D eigenvalue weighted by Gasteiger charge is -2.26. The number of phosphoric acid groups is 4. The maximum absolute atomic E-state index is 13.8. The molecule has 15 N–H and O–H groups in total. The van der Waals surface area contributed by atoms with Gasteiger partial charge in [-0.05, 0) is 11.8 Å². The van der Waals surface area contributed by atoms with E-state index in [0.29, 0.717) is 0 Å². The Labute approximate surface area is 438 Å². The second-order valence-electron chi connectivity index (χ2n) is 17.0. The fourth-order valence-corrected chi connectivity index (χ4v) is 13.9. The minimum absolute atomic E-state index is 0.0107. The number of aryl methyl sites for hydroxylation is 1. The Kier molecular flexibility index (Phi) is 16.1. The van der Waals surface area contributed by atoms with E-state index >= 15 is 0 Å². The summed E-state index contributed by atoms with van der Waals surface area (Å²) >= 11 is -0.835. The molecule has 434 valence electrons. The van der Waals surface area contributed by atoms with Crippen molar-refractivity contribution in [3.05, 3.63) is 46.0 Å². The van der Waals surface area contributed by atoms with Crippen molar-refractivity contribution in [2.24, 2.45) is 7.05 Å². The van der Waals surface area contributed by atoms with Crippen molar-refractivity contribution in [1.29, 1.82) is 0 Å². The molecule has 0 spiro atoms. The second kappa shape index (κ2) is 21.7. The fraction of sp³-hybridized carbons (Fsp3) is 0.545. The third kappa shape index (κ3) is 12.3. The van der Waals surface area contributed by atoms with Gasteiger partial charge >= 0.3 is 42.4 Å². The van der Waals surface area contributed by atoms with Crippen molar-refractivity contribution in [2.75, 3.05) is 44.1 Å². The van der Waals surface area contributed by atoms with Crippen molar-refractivity contribution in [3.8, 4) is 0 Å². The van der Waals surface area contributed by atoms with Gasteiger partial charge in [0.05, 0.1) is 44.8 Å². The van der Waals surface area contributed by atoms with E-state index in [4.69, 9.17) is 49.7 Å². The van der Waals surface area contributed by atoms with E-state index in [0.717, 1.165) is 46.1 Å². The third-order valence-corrected chi connectivity index (χ3v) is 18.2. The first-order valence-corrected chi connectivity index (χ1v) is 28.8. The first-order valence-electron chi connectivity index (χ1n) is 21.9. The normalized spacial score (nSPS) is 29.8. The summed E-state index contributed by atoms with van der Waals surface area (Å²) in [6.45, 7) is -3.78. The molecule has 6 aromatic heterocycles. The van der Waals surface area contributed by atoms with Gasteiger partial charge in [0.2, 0.25) is 17.7 Å².